The zero-order valence-corrected chi connectivity index (χ0v) is 12.9. The normalized spacial score (nSPS) is 15.9. The van der Waals surface area contributed by atoms with Gasteiger partial charge in [0.1, 0.15) is 0 Å². The van der Waals surface area contributed by atoms with Crippen molar-refractivity contribution in [2.45, 2.75) is 45.4 Å². The third-order valence-corrected chi connectivity index (χ3v) is 4.59. The molecule has 1 aromatic carbocycles. The molecular weight excluding hydrogens is 268 g/mol. The Kier molecular flexibility index (Phi) is 3.84. The smallest absolute Gasteiger partial charge is 0.0770 e. The molecule has 1 heterocycles. The third-order valence-electron chi connectivity index (χ3n) is 4.27. The first-order valence-electron chi connectivity index (χ1n) is 7.54. The van der Waals surface area contributed by atoms with Crippen LogP contribution in [0.5, 0.6) is 0 Å². The predicted octanol–water partition coefficient (Wildman–Crippen LogP) is 5.29. The molecule has 3 rings (SSSR count). The van der Waals surface area contributed by atoms with Gasteiger partial charge in [-0.1, -0.05) is 30.5 Å². The highest BCUT2D eigenvalue weighted by molar-refractivity contribution is 6.36. The number of rotatable bonds is 3. The Morgan fingerprint density at radius 1 is 1.30 bits per heavy atom. The van der Waals surface area contributed by atoms with Crippen LogP contribution in [0.3, 0.4) is 0 Å². The van der Waals surface area contributed by atoms with E-state index >= 15 is 0 Å². The van der Waals surface area contributed by atoms with Gasteiger partial charge in [0.25, 0.3) is 0 Å². The first kappa shape index (κ1) is 13.7. The maximum atomic E-state index is 6.40. The fraction of sp³-hybridized carbons (Fsp3) is 0.471. The number of anilines is 1. The first-order valence-corrected chi connectivity index (χ1v) is 7.92. The molecule has 1 N–H and O–H groups in total. The van der Waals surface area contributed by atoms with Crippen molar-refractivity contribution >= 4 is 28.2 Å². The number of pyridine rings is 1. The van der Waals surface area contributed by atoms with E-state index in [1.165, 1.54) is 36.9 Å². The van der Waals surface area contributed by atoms with Crippen LogP contribution in [0.1, 0.15) is 49.8 Å². The molecule has 1 aliphatic rings. The Morgan fingerprint density at radius 3 is 2.75 bits per heavy atom. The molecule has 0 atom stereocenters. The Bertz CT molecular complexity index is 630. The van der Waals surface area contributed by atoms with Crippen molar-refractivity contribution in [1.29, 1.82) is 0 Å². The van der Waals surface area contributed by atoms with Crippen LogP contribution in [-0.2, 0) is 0 Å². The Morgan fingerprint density at radius 2 is 2.05 bits per heavy atom. The first-order chi connectivity index (χ1) is 9.70. The van der Waals surface area contributed by atoms with Gasteiger partial charge in [-0.25, -0.2) is 0 Å². The molecule has 2 nitrogen and oxygen atoms in total. The van der Waals surface area contributed by atoms with Crippen LogP contribution in [-0.4, -0.2) is 11.5 Å². The number of benzene rings is 1. The van der Waals surface area contributed by atoms with Gasteiger partial charge in [-0.2, -0.15) is 0 Å². The molecule has 1 aliphatic carbocycles. The topological polar surface area (TPSA) is 24.9 Å². The number of aromatic nitrogens is 1. The zero-order valence-electron chi connectivity index (χ0n) is 12.2. The number of halogens is 1. The van der Waals surface area contributed by atoms with E-state index in [2.05, 4.69) is 31.3 Å². The lowest BCUT2D eigenvalue weighted by Crippen LogP contribution is -2.04. The van der Waals surface area contributed by atoms with Crippen LogP contribution in [0.2, 0.25) is 5.02 Å². The molecule has 1 saturated carbocycles. The van der Waals surface area contributed by atoms with Gasteiger partial charge in [-0.3, -0.25) is 4.98 Å². The van der Waals surface area contributed by atoms with Crippen LogP contribution >= 0.6 is 11.6 Å². The van der Waals surface area contributed by atoms with E-state index in [1.807, 2.05) is 6.07 Å². The average Bonchev–Trinajstić information content (AvgIpc) is 2.97. The minimum atomic E-state index is 0.621. The Balaban J connectivity index is 2.21. The van der Waals surface area contributed by atoms with Gasteiger partial charge in [-0.05, 0) is 44.4 Å². The van der Waals surface area contributed by atoms with E-state index in [-0.39, 0.29) is 0 Å². The molecule has 3 heteroatoms. The molecule has 0 spiro atoms. The Labute approximate surface area is 125 Å². The largest absolute Gasteiger partial charge is 0.385 e. The van der Waals surface area contributed by atoms with Gasteiger partial charge in [0, 0.05) is 29.2 Å². The monoisotopic (exact) mass is 288 g/mol. The van der Waals surface area contributed by atoms with Gasteiger partial charge in [0.15, 0.2) is 0 Å². The molecule has 106 valence electrons. The van der Waals surface area contributed by atoms with E-state index in [9.17, 15) is 0 Å². The SMILES string of the molecule is CCNc1cc(C2CCCC2)nc2c(C)ccc(Cl)c12. The number of nitrogens with one attached hydrogen (secondary N) is 1. The van der Waals surface area contributed by atoms with E-state index in [4.69, 9.17) is 16.6 Å². The maximum absolute atomic E-state index is 6.40. The van der Waals surface area contributed by atoms with E-state index in [0.29, 0.717) is 5.92 Å². The van der Waals surface area contributed by atoms with Gasteiger partial charge < -0.3 is 5.32 Å². The van der Waals surface area contributed by atoms with Crippen molar-refractivity contribution in [3.63, 3.8) is 0 Å². The van der Waals surface area contributed by atoms with Crippen molar-refractivity contribution in [3.8, 4) is 0 Å². The van der Waals surface area contributed by atoms with E-state index in [0.717, 1.165) is 28.2 Å². The van der Waals surface area contributed by atoms with E-state index in [1.54, 1.807) is 0 Å². The molecule has 2 aromatic rings. The van der Waals surface area contributed by atoms with Crippen LogP contribution in [0.4, 0.5) is 5.69 Å². The molecule has 1 aromatic heterocycles. The Hall–Kier alpha value is -1.28. The summed E-state index contributed by atoms with van der Waals surface area (Å²) in [5, 5.41) is 5.31. The van der Waals surface area contributed by atoms with Crippen molar-refractivity contribution in [3.05, 3.63) is 34.5 Å². The van der Waals surface area contributed by atoms with Crippen LogP contribution in [0.15, 0.2) is 18.2 Å². The highest BCUT2D eigenvalue weighted by atomic mass is 35.5. The second kappa shape index (κ2) is 5.61. The highest BCUT2D eigenvalue weighted by Crippen LogP contribution is 2.38. The van der Waals surface area contributed by atoms with Gasteiger partial charge >= 0.3 is 0 Å². The van der Waals surface area contributed by atoms with Crippen LogP contribution in [0.25, 0.3) is 10.9 Å². The molecule has 0 amide bonds. The lowest BCUT2D eigenvalue weighted by molar-refractivity contribution is 0.701. The molecule has 0 unspecified atom stereocenters. The summed E-state index contributed by atoms with van der Waals surface area (Å²) in [7, 11) is 0. The number of hydrogen-bond acceptors (Lipinski definition) is 2. The lowest BCUT2D eigenvalue weighted by Gasteiger charge is -2.16. The predicted molar refractivity (Wildman–Crippen MR) is 86.9 cm³/mol. The average molecular weight is 289 g/mol. The molecule has 0 aliphatic heterocycles. The fourth-order valence-corrected chi connectivity index (χ4v) is 3.47. The summed E-state index contributed by atoms with van der Waals surface area (Å²) in [6.07, 6.45) is 5.19. The number of hydrogen-bond donors (Lipinski definition) is 1. The minimum Gasteiger partial charge on any atom is -0.385 e. The summed E-state index contributed by atoms with van der Waals surface area (Å²) in [4.78, 5) is 4.94. The molecule has 0 bridgehead atoms. The second-order valence-corrected chi connectivity index (χ2v) is 6.10. The number of aryl methyl sites for hydroxylation is 1. The minimum absolute atomic E-state index is 0.621. The summed E-state index contributed by atoms with van der Waals surface area (Å²) in [6, 6.07) is 6.25. The third kappa shape index (κ3) is 2.37. The standard InChI is InChI=1S/C17H21ClN2/c1-3-19-15-10-14(12-6-4-5-7-12)20-17-11(2)8-9-13(18)16(15)17/h8-10,12H,3-7H2,1-2H3,(H,19,20). The van der Waals surface area contributed by atoms with Crippen LogP contribution in [0, 0.1) is 6.92 Å². The maximum Gasteiger partial charge on any atom is 0.0770 e. The number of nitrogens with zero attached hydrogens (tertiary/aromatic N) is 1. The van der Waals surface area contributed by atoms with Gasteiger partial charge in [-0.15, -0.1) is 0 Å². The lowest BCUT2D eigenvalue weighted by atomic mass is 10.00. The molecule has 20 heavy (non-hydrogen) atoms. The number of fused-ring (bicyclic) bond motifs is 1. The van der Waals surface area contributed by atoms with Crippen molar-refractivity contribution < 1.29 is 0 Å². The molecule has 0 radical (unpaired) electrons. The molecule has 1 fully saturated rings. The van der Waals surface area contributed by atoms with Crippen LogP contribution < -0.4 is 5.32 Å². The summed E-state index contributed by atoms with van der Waals surface area (Å²) in [6.45, 7) is 5.12. The quantitative estimate of drug-likeness (QED) is 0.830. The van der Waals surface area contributed by atoms with Crippen molar-refractivity contribution in [2.24, 2.45) is 0 Å². The van der Waals surface area contributed by atoms with Gasteiger partial charge in [0.05, 0.1) is 10.5 Å². The van der Waals surface area contributed by atoms with Crippen molar-refractivity contribution in [2.75, 3.05) is 11.9 Å². The van der Waals surface area contributed by atoms with Crippen molar-refractivity contribution in [1.82, 2.24) is 4.98 Å². The van der Waals surface area contributed by atoms with E-state index < -0.39 is 0 Å². The fourth-order valence-electron chi connectivity index (χ4n) is 3.21. The van der Waals surface area contributed by atoms with Gasteiger partial charge in [0.2, 0.25) is 0 Å². The molecule has 0 saturated heterocycles. The second-order valence-electron chi connectivity index (χ2n) is 5.69. The molecular formula is C17H21ClN2. The summed E-state index contributed by atoms with van der Waals surface area (Å²) in [5.74, 6) is 0.621. The summed E-state index contributed by atoms with van der Waals surface area (Å²) >= 11 is 6.40. The summed E-state index contributed by atoms with van der Waals surface area (Å²) < 4.78 is 0. The highest BCUT2D eigenvalue weighted by Gasteiger charge is 2.20. The summed E-state index contributed by atoms with van der Waals surface area (Å²) in [5.41, 5.74) is 4.62. The zero-order chi connectivity index (χ0) is 14.1.